The summed E-state index contributed by atoms with van der Waals surface area (Å²) in [4.78, 5) is 23.8. The third-order valence-electron chi connectivity index (χ3n) is 6.24. The normalized spacial score (nSPS) is 14.6. The molecule has 4 rings (SSSR count). The summed E-state index contributed by atoms with van der Waals surface area (Å²) in [5, 5.41) is 13.7. The molecule has 1 aromatic carbocycles. The predicted octanol–water partition coefficient (Wildman–Crippen LogP) is 4.97. The number of halogens is 1. The largest absolute Gasteiger partial charge is 0.384 e. The molecule has 2 aromatic heterocycles. The maximum absolute atomic E-state index is 14.3. The third-order valence-corrected chi connectivity index (χ3v) is 6.24. The van der Waals surface area contributed by atoms with E-state index in [0.29, 0.717) is 43.2 Å². The minimum atomic E-state index is -1.65. The lowest BCUT2D eigenvalue weighted by Gasteiger charge is -2.33. The van der Waals surface area contributed by atoms with Crippen molar-refractivity contribution in [3.63, 3.8) is 0 Å². The second-order valence-corrected chi connectivity index (χ2v) is 10.1. The first-order valence-corrected chi connectivity index (χ1v) is 12.1. The van der Waals surface area contributed by atoms with Gasteiger partial charge < -0.3 is 20.1 Å². The van der Waals surface area contributed by atoms with Gasteiger partial charge in [0.15, 0.2) is 0 Å². The van der Waals surface area contributed by atoms with E-state index in [2.05, 4.69) is 20.2 Å². The van der Waals surface area contributed by atoms with Gasteiger partial charge in [-0.2, -0.15) is 0 Å². The molecule has 1 aliphatic heterocycles. The van der Waals surface area contributed by atoms with Crippen LogP contribution >= 0.6 is 0 Å². The Morgan fingerprint density at radius 1 is 1.08 bits per heavy atom. The van der Waals surface area contributed by atoms with Crippen LogP contribution in [-0.2, 0) is 16.0 Å². The lowest BCUT2D eigenvalue weighted by atomic mass is 9.96. The number of morpholine rings is 1. The Hall–Kier alpha value is -3.36. The smallest absolute Gasteiger partial charge is 0.255 e. The van der Waals surface area contributed by atoms with Crippen LogP contribution in [0.3, 0.4) is 0 Å². The first-order valence-electron chi connectivity index (χ1n) is 12.1. The molecule has 0 atom stereocenters. The topological polar surface area (TPSA) is 87.6 Å². The molecule has 3 heterocycles. The molecule has 190 valence electrons. The summed E-state index contributed by atoms with van der Waals surface area (Å²) in [6, 6.07) is 10.7. The van der Waals surface area contributed by atoms with Crippen molar-refractivity contribution in [2.45, 2.75) is 45.9 Å². The number of hydrogen-bond donors (Lipinski definition) is 2. The average Bonchev–Trinajstić information content (AvgIpc) is 2.84. The van der Waals surface area contributed by atoms with Crippen molar-refractivity contribution >= 4 is 17.3 Å². The highest BCUT2D eigenvalue weighted by Gasteiger charge is 2.27. The van der Waals surface area contributed by atoms with Crippen LogP contribution in [-0.4, -0.2) is 47.3 Å². The minimum Gasteiger partial charge on any atom is -0.384 e. The predicted molar refractivity (Wildman–Crippen MR) is 139 cm³/mol. The lowest BCUT2D eigenvalue weighted by molar-refractivity contribution is 0.0734. The van der Waals surface area contributed by atoms with Crippen molar-refractivity contribution in [2.75, 3.05) is 36.5 Å². The molecule has 7 nitrogen and oxygen atoms in total. The van der Waals surface area contributed by atoms with Crippen LogP contribution in [0.25, 0.3) is 11.1 Å². The van der Waals surface area contributed by atoms with Gasteiger partial charge in [0.2, 0.25) is 0 Å². The van der Waals surface area contributed by atoms with E-state index in [9.17, 15) is 14.3 Å². The fourth-order valence-corrected chi connectivity index (χ4v) is 4.23. The van der Waals surface area contributed by atoms with E-state index < -0.39 is 11.3 Å². The van der Waals surface area contributed by atoms with Crippen molar-refractivity contribution < 1.29 is 19.0 Å². The van der Waals surface area contributed by atoms with Crippen molar-refractivity contribution in [3.05, 3.63) is 71.3 Å². The number of amides is 1. The van der Waals surface area contributed by atoms with E-state index in [1.165, 1.54) is 26.1 Å². The van der Waals surface area contributed by atoms with Gasteiger partial charge >= 0.3 is 0 Å². The van der Waals surface area contributed by atoms with Crippen molar-refractivity contribution in [1.29, 1.82) is 0 Å². The van der Waals surface area contributed by atoms with Gasteiger partial charge in [-0.1, -0.05) is 6.07 Å². The molecule has 2 N–H and O–H groups in total. The number of nitrogens with one attached hydrogen (secondary N) is 1. The van der Waals surface area contributed by atoms with Crippen LogP contribution in [0.1, 0.15) is 55.0 Å². The van der Waals surface area contributed by atoms with Gasteiger partial charge in [0.25, 0.3) is 5.91 Å². The van der Waals surface area contributed by atoms with Crippen molar-refractivity contribution in [1.82, 2.24) is 9.97 Å². The summed E-state index contributed by atoms with van der Waals surface area (Å²) in [6.45, 7) is 10.9. The third kappa shape index (κ3) is 5.71. The van der Waals surface area contributed by atoms with E-state index in [4.69, 9.17) is 4.74 Å². The maximum Gasteiger partial charge on any atom is 0.255 e. The van der Waals surface area contributed by atoms with Gasteiger partial charge in [0.05, 0.1) is 30.3 Å². The molecule has 0 radical (unpaired) electrons. The molecular formula is C28H33FN4O3. The van der Waals surface area contributed by atoms with E-state index in [1.807, 2.05) is 31.2 Å². The van der Waals surface area contributed by atoms with Gasteiger partial charge in [-0.05, 0) is 76.1 Å². The van der Waals surface area contributed by atoms with Gasteiger partial charge in [-0.25, -0.2) is 4.39 Å². The number of carbonyl (C=O) groups is 1. The minimum absolute atomic E-state index is 0.202. The number of nitrogens with zero attached hydrogens (tertiary/aromatic N) is 3. The molecular weight excluding hydrogens is 459 g/mol. The zero-order valence-corrected chi connectivity index (χ0v) is 21.4. The van der Waals surface area contributed by atoms with Crippen LogP contribution in [0.4, 0.5) is 15.8 Å². The number of hydrogen-bond acceptors (Lipinski definition) is 6. The van der Waals surface area contributed by atoms with Crippen molar-refractivity contribution in [2.24, 2.45) is 0 Å². The van der Waals surface area contributed by atoms with Crippen LogP contribution in [0.2, 0.25) is 0 Å². The Balaban J connectivity index is 1.66. The zero-order valence-electron chi connectivity index (χ0n) is 21.4. The number of aliphatic hydroxyl groups is 1. The highest BCUT2D eigenvalue weighted by atomic mass is 19.1. The van der Waals surface area contributed by atoms with E-state index in [0.717, 1.165) is 22.4 Å². The van der Waals surface area contributed by atoms with E-state index in [-0.39, 0.29) is 11.6 Å². The zero-order chi connectivity index (χ0) is 26.1. The fraction of sp³-hybridized carbons (Fsp3) is 0.393. The molecule has 1 aliphatic rings. The number of pyridine rings is 2. The number of benzene rings is 1. The Bertz CT molecular complexity index is 1260. The molecule has 0 spiro atoms. The molecule has 0 bridgehead atoms. The highest BCUT2D eigenvalue weighted by molar-refractivity contribution is 6.04. The molecule has 0 aliphatic carbocycles. The number of alkyl halides is 1. The van der Waals surface area contributed by atoms with Crippen LogP contribution in [0.5, 0.6) is 0 Å². The number of anilines is 2. The molecule has 36 heavy (non-hydrogen) atoms. The average molecular weight is 493 g/mol. The van der Waals surface area contributed by atoms with E-state index >= 15 is 0 Å². The fourth-order valence-electron chi connectivity index (χ4n) is 4.23. The van der Waals surface area contributed by atoms with Gasteiger partial charge in [0, 0.05) is 42.3 Å². The maximum atomic E-state index is 14.3. The molecule has 1 saturated heterocycles. The number of rotatable bonds is 6. The lowest BCUT2D eigenvalue weighted by Crippen LogP contribution is -2.38. The SMILES string of the molecule is Cc1ccc(NC(=O)c2ccnc(C(C)(C)F)c2)cc1-c1cnc(C(C)(C)O)c(N2CCOCC2)c1. The second-order valence-electron chi connectivity index (χ2n) is 10.1. The molecule has 8 heteroatoms. The standard InChI is InChI=1S/C28H33FN4O3/c1-18-6-7-21(32-26(34)19-8-9-30-24(15-19)27(2,3)29)16-22(18)20-14-23(33-10-12-36-13-11-33)25(31-17-20)28(4,5)35/h6-9,14-17,35H,10-13H2,1-5H3,(H,32,34). The molecule has 1 amide bonds. The first kappa shape index (κ1) is 25.7. The molecule has 1 fully saturated rings. The van der Waals surface area contributed by atoms with Gasteiger partial charge in [0.1, 0.15) is 11.3 Å². The number of aryl methyl sites for hydroxylation is 1. The Kier molecular flexibility index (Phi) is 7.11. The quantitative estimate of drug-likeness (QED) is 0.505. The number of ether oxygens (including phenoxy) is 1. The Labute approximate surface area is 211 Å². The summed E-state index contributed by atoms with van der Waals surface area (Å²) in [6.07, 6.45) is 3.19. The Morgan fingerprint density at radius 3 is 2.47 bits per heavy atom. The van der Waals surface area contributed by atoms with Crippen LogP contribution < -0.4 is 10.2 Å². The summed E-state index contributed by atoms with van der Waals surface area (Å²) in [7, 11) is 0. The monoisotopic (exact) mass is 492 g/mol. The highest BCUT2D eigenvalue weighted by Crippen LogP contribution is 2.35. The van der Waals surface area contributed by atoms with E-state index in [1.54, 1.807) is 26.1 Å². The van der Waals surface area contributed by atoms with Gasteiger partial charge in [-0.3, -0.25) is 14.8 Å². The summed E-state index contributed by atoms with van der Waals surface area (Å²) >= 11 is 0. The van der Waals surface area contributed by atoms with Crippen LogP contribution in [0.15, 0.2) is 48.8 Å². The van der Waals surface area contributed by atoms with Crippen LogP contribution in [0, 0.1) is 6.92 Å². The summed E-state index contributed by atoms with van der Waals surface area (Å²) in [5.41, 5.74) is 2.69. The first-order chi connectivity index (χ1) is 16.9. The second kappa shape index (κ2) is 9.95. The Morgan fingerprint density at radius 2 is 1.81 bits per heavy atom. The van der Waals surface area contributed by atoms with Gasteiger partial charge in [-0.15, -0.1) is 0 Å². The number of carbonyl (C=O) groups excluding carboxylic acids is 1. The number of aromatic nitrogens is 2. The molecule has 0 saturated carbocycles. The summed E-state index contributed by atoms with van der Waals surface area (Å²) < 4.78 is 19.8. The van der Waals surface area contributed by atoms with Crippen molar-refractivity contribution in [3.8, 4) is 11.1 Å². The molecule has 3 aromatic rings. The molecule has 0 unspecified atom stereocenters. The summed E-state index contributed by atoms with van der Waals surface area (Å²) in [5.74, 6) is -0.345.